The lowest BCUT2D eigenvalue weighted by Crippen LogP contribution is -2.32. The first kappa shape index (κ1) is 22.2. The van der Waals surface area contributed by atoms with E-state index in [1.165, 1.54) is 23.5 Å². The summed E-state index contributed by atoms with van der Waals surface area (Å²) in [4.78, 5) is 14.9. The largest absolute Gasteiger partial charge is 0.334 e. The molecule has 1 aliphatic heterocycles. The van der Waals surface area contributed by atoms with Crippen LogP contribution in [-0.4, -0.2) is 35.4 Å². The number of hydrogen-bond acceptors (Lipinski definition) is 4. The summed E-state index contributed by atoms with van der Waals surface area (Å²) in [5, 5.41) is 0. The quantitative estimate of drug-likeness (QED) is 0.684. The van der Waals surface area contributed by atoms with Gasteiger partial charge in [0.1, 0.15) is 0 Å². The molecule has 1 amide bonds. The third-order valence-electron chi connectivity index (χ3n) is 4.39. The molecule has 1 saturated heterocycles. The van der Waals surface area contributed by atoms with Gasteiger partial charge in [-0.3, -0.25) is 4.79 Å². The van der Waals surface area contributed by atoms with Crippen LogP contribution >= 0.6 is 35.9 Å². The first-order chi connectivity index (χ1) is 12.8. The standard InChI is InChI=1S/C21H26N2OS2.ClH/c22-12-4-13-23(16-17-6-2-1-3-7-17)20(24)18-8-10-19(11-9-18)21-25-14-5-15-26-21;/h1-3,6-11,21H,4-5,12-16,22H2;1H. The van der Waals surface area contributed by atoms with Crippen LogP contribution in [0.5, 0.6) is 0 Å². The average Bonchev–Trinajstić information content (AvgIpc) is 2.72. The van der Waals surface area contributed by atoms with Crippen molar-refractivity contribution in [3.63, 3.8) is 0 Å². The van der Waals surface area contributed by atoms with Crippen LogP contribution < -0.4 is 5.73 Å². The smallest absolute Gasteiger partial charge is 0.254 e. The highest BCUT2D eigenvalue weighted by Crippen LogP contribution is 2.43. The van der Waals surface area contributed by atoms with Crippen LogP contribution in [-0.2, 0) is 6.54 Å². The summed E-state index contributed by atoms with van der Waals surface area (Å²) in [7, 11) is 0. The lowest BCUT2D eigenvalue weighted by atomic mass is 10.1. The van der Waals surface area contributed by atoms with Crippen LogP contribution in [0.25, 0.3) is 0 Å². The molecular formula is C21H27ClN2OS2. The van der Waals surface area contributed by atoms with Gasteiger partial charge in [-0.2, -0.15) is 0 Å². The number of carbonyl (C=O) groups is 1. The van der Waals surface area contributed by atoms with E-state index in [4.69, 9.17) is 5.73 Å². The van der Waals surface area contributed by atoms with Crippen molar-refractivity contribution in [2.75, 3.05) is 24.6 Å². The Morgan fingerprint density at radius 2 is 1.70 bits per heavy atom. The van der Waals surface area contributed by atoms with E-state index in [1.54, 1.807) is 0 Å². The fourth-order valence-electron chi connectivity index (χ4n) is 2.98. The Morgan fingerprint density at radius 3 is 2.33 bits per heavy atom. The lowest BCUT2D eigenvalue weighted by molar-refractivity contribution is 0.0742. The molecule has 3 rings (SSSR count). The molecule has 27 heavy (non-hydrogen) atoms. The summed E-state index contributed by atoms with van der Waals surface area (Å²) < 4.78 is 0.505. The van der Waals surface area contributed by atoms with Gasteiger partial charge in [0.25, 0.3) is 5.91 Å². The molecule has 0 unspecified atom stereocenters. The maximum Gasteiger partial charge on any atom is 0.254 e. The topological polar surface area (TPSA) is 46.3 Å². The first-order valence-electron chi connectivity index (χ1n) is 9.14. The average molecular weight is 423 g/mol. The molecule has 2 aromatic rings. The third kappa shape index (κ3) is 6.46. The second-order valence-electron chi connectivity index (χ2n) is 6.40. The number of amides is 1. The van der Waals surface area contributed by atoms with E-state index in [1.807, 2.05) is 58.8 Å². The first-order valence-corrected chi connectivity index (χ1v) is 11.2. The van der Waals surface area contributed by atoms with Gasteiger partial charge in [-0.1, -0.05) is 42.5 Å². The van der Waals surface area contributed by atoms with Gasteiger partial charge < -0.3 is 10.6 Å². The van der Waals surface area contributed by atoms with Gasteiger partial charge in [0, 0.05) is 18.7 Å². The molecule has 0 aliphatic carbocycles. The molecule has 3 nitrogen and oxygen atoms in total. The van der Waals surface area contributed by atoms with Crippen molar-refractivity contribution < 1.29 is 4.79 Å². The monoisotopic (exact) mass is 422 g/mol. The summed E-state index contributed by atoms with van der Waals surface area (Å²) in [6.45, 7) is 1.89. The van der Waals surface area contributed by atoms with Gasteiger partial charge in [0.2, 0.25) is 0 Å². The van der Waals surface area contributed by atoms with Crippen molar-refractivity contribution >= 4 is 41.8 Å². The van der Waals surface area contributed by atoms with Crippen LogP contribution in [0.15, 0.2) is 54.6 Å². The summed E-state index contributed by atoms with van der Waals surface area (Å²) in [6.07, 6.45) is 2.10. The van der Waals surface area contributed by atoms with Crippen molar-refractivity contribution in [3.8, 4) is 0 Å². The molecule has 0 aromatic heterocycles. The lowest BCUT2D eigenvalue weighted by Gasteiger charge is -2.24. The molecule has 0 radical (unpaired) electrons. The van der Waals surface area contributed by atoms with Gasteiger partial charge in [0.05, 0.1) is 4.58 Å². The van der Waals surface area contributed by atoms with E-state index < -0.39 is 0 Å². The molecular weight excluding hydrogens is 396 g/mol. The molecule has 0 spiro atoms. The zero-order valence-corrected chi connectivity index (χ0v) is 17.8. The second-order valence-corrected chi connectivity index (χ2v) is 9.13. The Bertz CT molecular complexity index is 691. The minimum atomic E-state index is 0. The fourth-order valence-corrected chi connectivity index (χ4v) is 5.88. The molecule has 2 aromatic carbocycles. The van der Waals surface area contributed by atoms with E-state index in [0.717, 1.165) is 17.5 Å². The van der Waals surface area contributed by atoms with Gasteiger partial charge >= 0.3 is 0 Å². The van der Waals surface area contributed by atoms with Crippen molar-refractivity contribution in [2.24, 2.45) is 5.73 Å². The predicted octanol–water partition coefficient (Wildman–Crippen LogP) is 4.97. The van der Waals surface area contributed by atoms with Crippen LogP contribution in [0.4, 0.5) is 0 Å². The molecule has 1 fully saturated rings. The number of benzene rings is 2. The van der Waals surface area contributed by atoms with Crippen molar-refractivity contribution in [2.45, 2.75) is 24.0 Å². The SMILES string of the molecule is Cl.NCCCN(Cc1ccccc1)C(=O)c1ccc(C2SCCCS2)cc1. The van der Waals surface area contributed by atoms with Gasteiger partial charge in [-0.05, 0) is 54.2 Å². The second kappa shape index (κ2) is 11.6. The van der Waals surface area contributed by atoms with E-state index in [9.17, 15) is 4.79 Å². The number of nitrogens with two attached hydrogens (primary N) is 1. The summed E-state index contributed by atoms with van der Waals surface area (Å²) in [6, 6.07) is 18.3. The Hall–Kier alpha value is -1.14. The molecule has 0 atom stereocenters. The minimum absolute atomic E-state index is 0. The van der Waals surface area contributed by atoms with Gasteiger partial charge in [-0.25, -0.2) is 0 Å². The summed E-state index contributed by atoms with van der Waals surface area (Å²) in [5.74, 6) is 2.53. The fraction of sp³-hybridized carbons (Fsp3) is 0.381. The van der Waals surface area contributed by atoms with Crippen LogP contribution in [0.1, 0.15) is 38.9 Å². The van der Waals surface area contributed by atoms with E-state index in [2.05, 4.69) is 24.3 Å². The molecule has 0 bridgehead atoms. The molecule has 1 aliphatic rings. The molecule has 146 valence electrons. The van der Waals surface area contributed by atoms with Gasteiger partial charge in [-0.15, -0.1) is 35.9 Å². The Balaban J connectivity index is 0.00000261. The Morgan fingerprint density at radius 1 is 1.04 bits per heavy atom. The van der Waals surface area contributed by atoms with E-state index in [0.29, 0.717) is 24.2 Å². The summed E-state index contributed by atoms with van der Waals surface area (Å²) in [5.41, 5.74) is 8.88. The van der Waals surface area contributed by atoms with Crippen LogP contribution in [0, 0.1) is 0 Å². The van der Waals surface area contributed by atoms with E-state index in [-0.39, 0.29) is 18.3 Å². The Kier molecular flexibility index (Phi) is 9.56. The maximum atomic E-state index is 13.0. The summed E-state index contributed by atoms with van der Waals surface area (Å²) >= 11 is 4.01. The molecule has 0 saturated carbocycles. The van der Waals surface area contributed by atoms with Crippen molar-refractivity contribution in [1.82, 2.24) is 4.90 Å². The number of halogens is 1. The van der Waals surface area contributed by atoms with Crippen molar-refractivity contribution in [1.29, 1.82) is 0 Å². The van der Waals surface area contributed by atoms with Crippen LogP contribution in [0.2, 0.25) is 0 Å². The highest BCUT2D eigenvalue weighted by molar-refractivity contribution is 8.16. The maximum absolute atomic E-state index is 13.0. The third-order valence-corrected chi connectivity index (χ3v) is 7.41. The number of carbonyl (C=O) groups excluding carboxylic acids is 1. The minimum Gasteiger partial charge on any atom is -0.334 e. The highest BCUT2D eigenvalue weighted by atomic mass is 35.5. The number of thioether (sulfide) groups is 2. The Labute approximate surface area is 176 Å². The van der Waals surface area contributed by atoms with Crippen molar-refractivity contribution in [3.05, 3.63) is 71.3 Å². The zero-order valence-electron chi connectivity index (χ0n) is 15.4. The molecule has 6 heteroatoms. The van der Waals surface area contributed by atoms with Gasteiger partial charge in [0.15, 0.2) is 0 Å². The number of nitrogens with zero attached hydrogens (tertiary/aromatic N) is 1. The number of hydrogen-bond donors (Lipinski definition) is 1. The predicted molar refractivity (Wildman–Crippen MR) is 121 cm³/mol. The molecule has 1 heterocycles. The number of rotatable bonds is 7. The molecule has 2 N–H and O–H groups in total. The van der Waals surface area contributed by atoms with Crippen LogP contribution in [0.3, 0.4) is 0 Å². The normalized spacial score (nSPS) is 14.4. The highest BCUT2D eigenvalue weighted by Gasteiger charge is 2.19. The zero-order chi connectivity index (χ0) is 18.2. The van der Waals surface area contributed by atoms with E-state index >= 15 is 0 Å².